The van der Waals surface area contributed by atoms with Crippen molar-refractivity contribution < 1.29 is 23.5 Å². The van der Waals surface area contributed by atoms with E-state index in [2.05, 4.69) is 5.32 Å². The summed E-state index contributed by atoms with van der Waals surface area (Å²) in [4.78, 5) is 42.1. The molecule has 0 spiro atoms. The molecule has 3 aliphatic heterocycles. The molecule has 0 aromatic heterocycles. The average molecular weight is 436 g/mol. The molecule has 3 saturated heterocycles. The smallest absolute Gasteiger partial charge is 0.251 e. The van der Waals surface area contributed by atoms with Crippen molar-refractivity contribution in [1.29, 1.82) is 0 Å². The summed E-state index contributed by atoms with van der Waals surface area (Å²) in [5.74, 6) is -0.641. The lowest BCUT2D eigenvalue weighted by atomic mass is 10.0. The van der Waals surface area contributed by atoms with Crippen LogP contribution in [-0.4, -0.2) is 71.4 Å². The van der Waals surface area contributed by atoms with Crippen LogP contribution in [0, 0.1) is 11.7 Å². The van der Waals surface area contributed by atoms with Gasteiger partial charge in [0, 0.05) is 31.7 Å². The minimum absolute atomic E-state index is 0.0707. The maximum atomic E-state index is 13.4. The number of nitrogens with one attached hydrogen (secondary N) is 1. The second-order valence-electron chi connectivity index (χ2n) is 8.61. The Hall–Kier alpha value is -2.19. The van der Waals surface area contributed by atoms with Gasteiger partial charge in [0.2, 0.25) is 11.8 Å². The van der Waals surface area contributed by atoms with E-state index in [0.717, 1.165) is 6.07 Å². The molecule has 1 N–H and O–H groups in total. The molecular formula is C21H23ClFN3O4. The highest BCUT2D eigenvalue weighted by atomic mass is 35.5. The van der Waals surface area contributed by atoms with E-state index in [-0.39, 0.29) is 28.5 Å². The zero-order chi connectivity index (χ0) is 21.0. The van der Waals surface area contributed by atoms with Crippen molar-refractivity contribution in [2.75, 3.05) is 19.7 Å². The van der Waals surface area contributed by atoms with Crippen LogP contribution in [0.2, 0.25) is 5.02 Å². The molecule has 1 aromatic carbocycles. The molecule has 7 nitrogen and oxygen atoms in total. The molecule has 3 amide bonds. The number of halogens is 2. The predicted molar refractivity (Wildman–Crippen MR) is 105 cm³/mol. The Morgan fingerprint density at radius 1 is 1.20 bits per heavy atom. The quantitative estimate of drug-likeness (QED) is 0.761. The fourth-order valence-electron chi connectivity index (χ4n) is 4.70. The molecule has 1 saturated carbocycles. The van der Waals surface area contributed by atoms with Gasteiger partial charge in [0.05, 0.1) is 17.2 Å². The molecule has 0 unspecified atom stereocenters. The van der Waals surface area contributed by atoms with Gasteiger partial charge in [-0.15, -0.1) is 0 Å². The molecule has 9 heteroatoms. The molecule has 4 fully saturated rings. The predicted octanol–water partition coefficient (Wildman–Crippen LogP) is 1.59. The van der Waals surface area contributed by atoms with Crippen LogP contribution in [0.4, 0.5) is 4.39 Å². The summed E-state index contributed by atoms with van der Waals surface area (Å²) in [6, 6.07) is 2.05. The lowest BCUT2D eigenvalue weighted by Gasteiger charge is -2.40. The standard InChI is InChI=1S/C21H23ClFN3O4/c22-14-7-12(3-4-15(14)23)19(27)24-16-5-6-25-18(16)21(29)26-9-13(8-17(26)20(25)28)30-10-11-1-2-11/h3-4,7,11,13,16-18H,1-2,5-6,8-10H2,(H,24,27)/t13-,16+,17+,18+/m1/s1. The van der Waals surface area contributed by atoms with Crippen LogP contribution >= 0.6 is 11.6 Å². The van der Waals surface area contributed by atoms with Crippen molar-refractivity contribution in [2.45, 2.75) is 49.9 Å². The van der Waals surface area contributed by atoms with Gasteiger partial charge in [-0.05, 0) is 43.4 Å². The van der Waals surface area contributed by atoms with E-state index in [4.69, 9.17) is 16.3 Å². The number of hydrogen-bond donors (Lipinski definition) is 1. The Balaban J connectivity index is 1.28. The van der Waals surface area contributed by atoms with Gasteiger partial charge < -0.3 is 19.9 Å². The summed E-state index contributed by atoms with van der Waals surface area (Å²) in [7, 11) is 0. The molecule has 4 aliphatic rings. The van der Waals surface area contributed by atoms with E-state index in [1.807, 2.05) is 0 Å². The van der Waals surface area contributed by atoms with Gasteiger partial charge in [0.25, 0.3) is 5.91 Å². The Labute approximate surface area is 178 Å². The molecule has 4 atom stereocenters. The zero-order valence-corrected chi connectivity index (χ0v) is 17.1. The first-order valence-corrected chi connectivity index (χ1v) is 10.8. The Morgan fingerprint density at radius 2 is 2.00 bits per heavy atom. The lowest BCUT2D eigenvalue weighted by molar-refractivity contribution is -0.157. The topological polar surface area (TPSA) is 79.0 Å². The molecule has 0 bridgehead atoms. The van der Waals surface area contributed by atoms with Gasteiger partial charge >= 0.3 is 0 Å². The zero-order valence-electron chi connectivity index (χ0n) is 16.4. The van der Waals surface area contributed by atoms with Crippen LogP contribution < -0.4 is 5.32 Å². The number of nitrogens with zero attached hydrogens (tertiary/aromatic N) is 2. The molecular weight excluding hydrogens is 413 g/mol. The largest absolute Gasteiger partial charge is 0.376 e. The number of amides is 3. The highest BCUT2D eigenvalue weighted by molar-refractivity contribution is 6.31. The molecule has 1 aliphatic carbocycles. The van der Waals surface area contributed by atoms with E-state index < -0.39 is 29.8 Å². The number of fused-ring (bicyclic) bond motifs is 2. The number of carbonyl (C=O) groups is 3. The number of carbonyl (C=O) groups excluding carboxylic acids is 3. The number of ether oxygens (including phenoxy) is 1. The summed E-state index contributed by atoms with van der Waals surface area (Å²) >= 11 is 5.77. The van der Waals surface area contributed by atoms with E-state index in [1.54, 1.807) is 9.80 Å². The first kappa shape index (κ1) is 19.8. The van der Waals surface area contributed by atoms with E-state index in [1.165, 1.54) is 25.0 Å². The Kier molecular flexibility index (Phi) is 4.94. The van der Waals surface area contributed by atoms with Crippen molar-refractivity contribution in [3.05, 3.63) is 34.6 Å². The van der Waals surface area contributed by atoms with Crippen molar-refractivity contribution in [3.8, 4) is 0 Å². The molecule has 0 radical (unpaired) electrons. The average Bonchev–Trinajstić information content (AvgIpc) is 3.30. The Morgan fingerprint density at radius 3 is 2.73 bits per heavy atom. The SMILES string of the molecule is O=C(N[C@H]1CCN2C(=O)[C@@H]3C[C@@H](OCC4CC4)CN3C(=O)[C@H]12)c1ccc(F)c(Cl)c1. The lowest BCUT2D eigenvalue weighted by Crippen LogP contribution is -2.64. The first-order chi connectivity index (χ1) is 14.4. The summed E-state index contributed by atoms with van der Waals surface area (Å²) in [5, 5.41) is 2.70. The van der Waals surface area contributed by atoms with Crippen LogP contribution in [0.15, 0.2) is 18.2 Å². The van der Waals surface area contributed by atoms with Crippen molar-refractivity contribution >= 4 is 29.3 Å². The van der Waals surface area contributed by atoms with Gasteiger partial charge in [-0.1, -0.05) is 11.6 Å². The summed E-state index contributed by atoms with van der Waals surface area (Å²) in [5.41, 5.74) is 0.210. The van der Waals surface area contributed by atoms with Crippen LogP contribution in [0.3, 0.4) is 0 Å². The highest BCUT2D eigenvalue weighted by Crippen LogP contribution is 2.35. The number of hydrogen-bond acceptors (Lipinski definition) is 4. The van der Waals surface area contributed by atoms with Gasteiger partial charge in [-0.25, -0.2) is 4.39 Å². The third-order valence-electron chi connectivity index (χ3n) is 6.53. The maximum absolute atomic E-state index is 13.4. The second-order valence-corrected chi connectivity index (χ2v) is 9.02. The highest BCUT2D eigenvalue weighted by Gasteiger charge is 2.55. The Bertz CT molecular complexity index is 908. The van der Waals surface area contributed by atoms with Gasteiger partial charge in [0.1, 0.15) is 17.9 Å². The summed E-state index contributed by atoms with van der Waals surface area (Å²) < 4.78 is 19.3. The normalized spacial score (nSPS) is 30.5. The molecule has 30 heavy (non-hydrogen) atoms. The third kappa shape index (κ3) is 3.46. The fourth-order valence-corrected chi connectivity index (χ4v) is 4.88. The van der Waals surface area contributed by atoms with E-state index in [9.17, 15) is 18.8 Å². The number of benzene rings is 1. The minimum atomic E-state index is -0.712. The summed E-state index contributed by atoms with van der Waals surface area (Å²) in [6.45, 7) is 1.53. The number of piperazine rings is 1. The molecule has 160 valence electrons. The first-order valence-electron chi connectivity index (χ1n) is 10.4. The van der Waals surface area contributed by atoms with E-state index in [0.29, 0.717) is 38.5 Å². The molecule has 1 aromatic rings. The van der Waals surface area contributed by atoms with Gasteiger partial charge in [0.15, 0.2) is 0 Å². The van der Waals surface area contributed by atoms with Crippen LogP contribution in [-0.2, 0) is 14.3 Å². The molecule has 5 rings (SSSR count). The molecule has 3 heterocycles. The van der Waals surface area contributed by atoms with Crippen molar-refractivity contribution in [2.24, 2.45) is 5.92 Å². The second kappa shape index (κ2) is 7.50. The van der Waals surface area contributed by atoms with Gasteiger partial charge in [-0.2, -0.15) is 0 Å². The van der Waals surface area contributed by atoms with Gasteiger partial charge in [-0.3, -0.25) is 14.4 Å². The fraction of sp³-hybridized carbons (Fsp3) is 0.571. The third-order valence-corrected chi connectivity index (χ3v) is 6.82. The minimum Gasteiger partial charge on any atom is -0.376 e. The monoisotopic (exact) mass is 435 g/mol. The van der Waals surface area contributed by atoms with Crippen LogP contribution in [0.5, 0.6) is 0 Å². The van der Waals surface area contributed by atoms with Crippen LogP contribution in [0.1, 0.15) is 36.0 Å². The number of rotatable bonds is 5. The van der Waals surface area contributed by atoms with E-state index >= 15 is 0 Å². The summed E-state index contributed by atoms with van der Waals surface area (Å²) in [6.07, 6.45) is 3.29. The van der Waals surface area contributed by atoms with Crippen LogP contribution in [0.25, 0.3) is 0 Å². The maximum Gasteiger partial charge on any atom is 0.251 e. The van der Waals surface area contributed by atoms with Crippen molar-refractivity contribution in [1.82, 2.24) is 15.1 Å². The van der Waals surface area contributed by atoms with Crippen molar-refractivity contribution in [3.63, 3.8) is 0 Å².